The summed E-state index contributed by atoms with van der Waals surface area (Å²) in [5.41, 5.74) is 0.948. The molecule has 0 saturated heterocycles. The highest BCUT2D eigenvalue weighted by Gasteiger charge is 2.26. The number of aliphatic carboxylic acids is 1. The number of hydrogen-bond acceptors (Lipinski definition) is 2. The molecular weight excluding hydrogens is 299 g/mol. The number of anilines is 1. The molecule has 22 heavy (non-hydrogen) atoms. The summed E-state index contributed by atoms with van der Waals surface area (Å²) < 4.78 is 36.5. The van der Waals surface area contributed by atoms with Crippen molar-refractivity contribution in [2.24, 2.45) is 0 Å². The average Bonchev–Trinajstić information content (AvgIpc) is 2.41. The first-order valence-corrected chi connectivity index (χ1v) is 6.93. The van der Waals surface area contributed by atoms with Crippen molar-refractivity contribution in [3.63, 3.8) is 0 Å². The number of nitrogens with one attached hydrogen (secondary N) is 1. The van der Waals surface area contributed by atoms with E-state index in [1.54, 1.807) is 18.2 Å². The van der Waals surface area contributed by atoms with Crippen LogP contribution >= 0.6 is 0 Å². The zero-order chi connectivity index (χ0) is 16.6. The molecule has 4 nitrogen and oxygen atoms in total. The topological polar surface area (TPSA) is 66.4 Å². The summed E-state index contributed by atoms with van der Waals surface area (Å²) in [7, 11) is 0. The molecule has 0 heterocycles. The van der Waals surface area contributed by atoms with Crippen LogP contribution in [-0.2, 0) is 16.0 Å². The minimum atomic E-state index is -4.20. The van der Waals surface area contributed by atoms with Gasteiger partial charge in [0.25, 0.3) is 0 Å². The van der Waals surface area contributed by atoms with Gasteiger partial charge in [0.2, 0.25) is 5.91 Å². The second-order valence-electron chi connectivity index (χ2n) is 4.96. The number of rotatable bonds is 8. The van der Waals surface area contributed by atoms with Gasteiger partial charge in [-0.25, -0.2) is 0 Å². The SMILES string of the molecule is O=C(O)CCCCC(=O)Nc1cccc(CCC(F)(F)F)c1. The first-order chi connectivity index (χ1) is 10.3. The van der Waals surface area contributed by atoms with Crippen molar-refractivity contribution >= 4 is 17.6 Å². The standard InChI is InChI=1S/C15H18F3NO3/c16-15(17,18)9-8-11-4-3-5-12(10-11)19-13(20)6-1-2-7-14(21)22/h3-5,10H,1-2,6-9H2,(H,19,20)(H,21,22). The van der Waals surface area contributed by atoms with Gasteiger partial charge < -0.3 is 10.4 Å². The Hall–Kier alpha value is -2.05. The maximum Gasteiger partial charge on any atom is 0.389 e. The Morgan fingerprint density at radius 1 is 1.14 bits per heavy atom. The molecule has 1 aromatic rings. The summed E-state index contributed by atoms with van der Waals surface area (Å²) in [5, 5.41) is 11.1. The van der Waals surface area contributed by atoms with Crippen LogP contribution in [0, 0.1) is 0 Å². The lowest BCUT2D eigenvalue weighted by Crippen LogP contribution is -2.12. The van der Waals surface area contributed by atoms with Crippen LogP contribution in [0.15, 0.2) is 24.3 Å². The summed E-state index contributed by atoms with van der Waals surface area (Å²) in [4.78, 5) is 22.0. The number of amides is 1. The number of carbonyl (C=O) groups is 2. The molecule has 1 rings (SSSR count). The van der Waals surface area contributed by atoms with E-state index in [0.29, 0.717) is 24.1 Å². The van der Waals surface area contributed by atoms with E-state index in [1.165, 1.54) is 6.07 Å². The fourth-order valence-corrected chi connectivity index (χ4v) is 1.88. The van der Waals surface area contributed by atoms with Crippen molar-refractivity contribution in [2.75, 3.05) is 5.32 Å². The van der Waals surface area contributed by atoms with E-state index in [0.717, 1.165) is 0 Å². The molecule has 0 radical (unpaired) electrons. The highest BCUT2D eigenvalue weighted by molar-refractivity contribution is 5.90. The van der Waals surface area contributed by atoms with Gasteiger partial charge in [-0.05, 0) is 37.0 Å². The molecule has 0 aliphatic rings. The molecule has 0 fully saturated rings. The second kappa shape index (κ2) is 8.41. The minimum absolute atomic E-state index is 0.0141. The number of benzene rings is 1. The molecular formula is C15H18F3NO3. The van der Waals surface area contributed by atoms with Crippen LogP contribution in [-0.4, -0.2) is 23.2 Å². The first kappa shape index (κ1) is 18.0. The van der Waals surface area contributed by atoms with Gasteiger partial charge in [0.05, 0.1) is 0 Å². The normalized spacial score (nSPS) is 11.2. The Kier molecular flexibility index (Phi) is 6.88. The lowest BCUT2D eigenvalue weighted by atomic mass is 10.1. The summed E-state index contributed by atoms with van der Waals surface area (Å²) in [5.74, 6) is -1.18. The predicted molar refractivity (Wildman–Crippen MR) is 75.6 cm³/mol. The van der Waals surface area contributed by atoms with Crippen LogP contribution in [0.2, 0.25) is 0 Å². The highest BCUT2D eigenvalue weighted by Crippen LogP contribution is 2.23. The van der Waals surface area contributed by atoms with Crippen LogP contribution < -0.4 is 5.32 Å². The van der Waals surface area contributed by atoms with E-state index in [1.807, 2.05) is 0 Å². The molecule has 2 N–H and O–H groups in total. The zero-order valence-electron chi connectivity index (χ0n) is 11.9. The lowest BCUT2D eigenvalue weighted by Gasteiger charge is -2.09. The molecule has 122 valence electrons. The number of hydrogen-bond donors (Lipinski definition) is 2. The van der Waals surface area contributed by atoms with Crippen molar-refractivity contribution in [1.29, 1.82) is 0 Å². The maximum atomic E-state index is 12.2. The molecule has 0 saturated carbocycles. The first-order valence-electron chi connectivity index (χ1n) is 6.93. The Labute approximate surface area is 126 Å². The number of carboxylic acids is 1. The minimum Gasteiger partial charge on any atom is -0.481 e. The molecule has 1 amide bonds. The summed E-state index contributed by atoms with van der Waals surface area (Å²) in [6, 6.07) is 6.28. The van der Waals surface area contributed by atoms with Gasteiger partial charge in [-0.1, -0.05) is 12.1 Å². The van der Waals surface area contributed by atoms with Crippen LogP contribution in [0.1, 0.15) is 37.7 Å². The molecule has 0 bridgehead atoms. The van der Waals surface area contributed by atoms with E-state index in [9.17, 15) is 22.8 Å². The monoisotopic (exact) mass is 317 g/mol. The predicted octanol–water partition coefficient (Wildman–Crippen LogP) is 3.77. The molecule has 0 atom stereocenters. The molecule has 0 aliphatic carbocycles. The Balaban J connectivity index is 2.42. The third-order valence-electron chi connectivity index (χ3n) is 2.95. The second-order valence-corrected chi connectivity index (χ2v) is 4.96. The third kappa shape index (κ3) is 8.28. The number of alkyl halides is 3. The van der Waals surface area contributed by atoms with Crippen LogP contribution in [0.25, 0.3) is 0 Å². The summed E-state index contributed by atoms with van der Waals surface area (Å²) >= 11 is 0. The number of halogens is 3. The number of carbonyl (C=O) groups excluding carboxylic acids is 1. The third-order valence-corrected chi connectivity index (χ3v) is 2.95. The van der Waals surface area contributed by atoms with Gasteiger partial charge in [-0.15, -0.1) is 0 Å². The van der Waals surface area contributed by atoms with Gasteiger partial charge in [0, 0.05) is 24.9 Å². The summed E-state index contributed by atoms with van der Waals surface area (Å²) in [6.45, 7) is 0. The van der Waals surface area contributed by atoms with E-state index >= 15 is 0 Å². The van der Waals surface area contributed by atoms with Crippen LogP contribution in [0.3, 0.4) is 0 Å². The smallest absolute Gasteiger partial charge is 0.389 e. The fourth-order valence-electron chi connectivity index (χ4n) is 1.88. The number of carboxylic acid groups (broad SMARTS) is 1. The van der Waals surface area contributed by atoms with Gasteiger partial charge >= 0.3 is 12.1 Å². The number of unbranched alkanes of at least 4 members (excludes halogenated alkanes) is 1. The lowest BCUT2D eigenvalue weighted by molar-refractivity contribution is -0.137. The van der Waals surface area contributed by atoms with E-state index in [-0.39, 0.29) is 25.2 Å². The molecule has 0 spiro atoms. The van der Waals surface area contributed by atoms with Crippen molar-refractivity contribution in [3.05, 3.63) is 29.8 Å². The molecule has 0 aliphatic heterocycles. The van der Waals surface area contributed by atoms with Crippen molar-refractivity contribution < 1.29 is 27.9 Å². The van der Waals surface area contributed by atoms with Gasteiger partial charge in [-0.2, -0.15) is 13.2 Å². The maximum absolute atomic E-state index is 12.2. The van der Waals surface area contributed by atoms with Gasteiger partial charge in [-0.3, -0.25) is 9.59 Å². The van der Waals surface area contributed by atoms with E-state index in [2.05, 4.69) is 5.32 Å². The Morgan fingerprint density at radius 2 is 1.82 bits per heavy atom. The van der Waals surface area contributed by atoms with Crippen molar-refractivity contribution in [2.45, 2.75) is 44.7 Å². The molecule has 0 aromatic heterocycles. The largest absolute Gasteiger partial charge is 0.481 e. The van der Waals surface area contributed by atoms with Gasteiger partial charge in [0.1, 0.15) is 0 Å². The van der Waals surface area contributed by atoms with Crippen LogP contribution in [0.4, 0.5) is 18.9 Å². The van der Waals surface area contributed by atoms with Crippen molar-refractivity contribution in [1.82, 2.24) is 0 Å². The van der Waals surface area contributed by atoms with Gasteiger partial charge in [0.15, 0.2) is 0 Å². The molecule has 0 unspecified atom stereocenters. The molecule has 7 heteroatoms. The molecule has 1 aromatic carbocycles. The summed E-state index contributed by atoms with van der Waals surface area (Å²) in [6.07, 6.45) is -4.19. The quantitative estimate of drug-likeness (QED) is 0.717. The zero-order valence-corrected chi connectivity index (χ0v) is 11.9. The van der Waals surface area contributed by atoms with Crippen molar-refractivity contribution in [3.8, 4) is 0 Å². The Bertz CT molecular complexity index is 515. The average molecular weight is 317 g/mol. The van der Waals surface area contributed by atoms with Crippen LogP contribution in [0.5, 0.6) is 0 Å². The van der Waals surface area contributed by atoms with E-state index in [4.69, 9.17) is 5.11 Å². The Morgan fingerprint density at radius 3 is 2.45 bits per heavy atom. The van der Waals surface area contributed by atoms with E-state index < -0.39 is 18.6 Å². The number of aryl methyl sites for hydroxylation is 1. The fraction of sp³-hybridized carbons (Fsp3) is 0.467. The highest BCUT2D eigenvalue weighted by atomic mass is 19.4.